The Morgan fingerprint density at radius 2 is 1.71 bits per heavy atom. The van der Waals surface area contributed by atoms with Gasteiger partial charge in [-0.15, -0.1) is 0 Å². The van der Waals surface area contributed by atoms with E-state index in [1.807, 2.05) is 56.6 Å². The largest absolute Gasteiger partial charge is 0.378 e. The van der Waals surface area contributed by atoms with Crippen LogP contribution < -0.4 is 21.3 Å². The number of guanidine groups is 1. The van der Waals surface area contributed by atoms with Crippen LogP contribution in [0, 0.1) is 5.92 Å². The van der Waals surface area contributed by atoms with Gasteiger partial charge < -0.3 is 21.3 Å². The van der Waals surface area contributed by atoms with Crippen LogP contribution in [0.5, 0.6) is 0 Å². The van der Waals surface area contributed by atoms with E-state index < -0.39 is 0 Å². The molecule has 1 saturated carbocycles. The van der Waals surface area contributed by atoms with E-state index in [4.69, 9.17) is 5.73 Å². The number of aliphatic imine (C=N–C) groups is 1. The Hall–Kier alpha value is -3.87. The molecule has 0 atom stereocenters. The molecule has 4 N–H and O–H groups in total. The second-order valence-electron chi connectivity index (χ2n) is 9.46. The van der Waals surface area contributed by atoms with Gasteiger partial charge in [-0.05, 0) is 80.1 Å². The second kappa shape index (κ2) is 11.0. The highest BCUT2D eigenvalue weighted by atomic mass is 16.1. The van der Waals surface area contributed by atoms with Crippen molar-refractivity contribution in [2.24, 2.45) is 16.6 Å². The first-order chi connectivity index (χ1) is 16.9. The van der Waals surface area contributed by atoms with Crippen LogP contribution in [0.1, 0.15) is 43.0 Å². The number of nitrogens with two attached hydrogens (primary N) is 1. The van der Waals surface area contributed by atoms with Crippen molar-refractivity contribution in [1.29, 1.82) is 0 Å². The summed E-state index contributed by atoms with van der Waals surface area (Å²) in [6.07, 6.45) is 4.45. The minimum absolute atomic E-state index is 0.0305. The first kappa shape index (κ1) is 24.3. The van der Waals surface area contributed by atoms with Crippen LogP contribution in [0.3, 0.4) is 0 Å². The van der Waals surface area contributed by atoms with Gasteiger partial charge in [0.25, 0.3) is 5.91 Å². The normalized spacial score (nSPS) is 18.1. The van der Waals surface area contributed by atoms with E-state index in [9.17, 15) is 4.79 Å². The molecule has 4 rings (SSSR count). The van der Waals surface area contributed by atoms with Crippen molar-refractivity contribution < 1.29 is 4.79 Å². The van der Waals surface area contributed by atoms with Crippen molar-refractivity contribution in [2.45, 2.75) is 38.6 Å². The number of aromatic nitrogens is 1. The highest BCUT2D eigenvalue weighted by molar-refractivity contribution is 5.96. The molecule has 2 aromatic carbocycles. The highest BCUT2D eigenvalue weighted by Gasteiger charge is 2.20. The van der Waals surface area contributed by atoms with Gasteiger partial charge in [-0.3, -0.25) is 4.79 Å². The summed E-state index contributed by atoms with van der Waals surface area (Å²) >= 11 is 0. The number of pyridine rings is 1. The molecule has 1 amide bonds. The minimum atomic E-state index is -0.0305. The van der Waals surface area contributed by atoms with Crippen LogP contribution in [-0.2, 0) is 0 Å². The number of rotatable bonds is 6. The summed E-state index contributed by atoms with van der Waals surface area (Å²) in [6, 6.07) is 21.4. The lowest BCUT2D eigenvalue weighted by atomic mass is 9.87. The predicted molar refractivity (Wildman–Crippen MR) is 144 cm³/mol. The lowest BCUT2D eigenvalue weighted by molar-refractivity contribution is 0.0923. The summed E-state index contributed by atoms with van der Waals surface area (Å²) in [4.78, 5) is 23.7. The molecule has 1 aliphatic carbocycles. The van der Waals surface area contributed by atoms with E-state index in [-0.39, 0.29) is 17.9 Å². The zero-order valence-electron chi connectivity index (χ0n) is 20.7. The second-order valence-corrected chi connectivity index (χ2v) is 9.46. The van der Waals surface area contributed by atoms with Crippen LogP contribution in [0.25, 0.3) is 11.3 Å². The summed E-state index contributed by atoms with van der Waals surface area (Å²) in [5.74, 6) is 1.47. The van der Waals surface area contributed by atoms with Crippen LogP contribution in [0.4, 0.5) is 17.2 Å². The molecule has 0 saturated heterocycles. The average molecular weight is 471 g/mol. The zero-order valence-corrected chi connectivity index (χ0v) is 20.7. The van der Waals surface area contributed by atoms with E-state index >= 15 is 0 Å². The molecule has 1 aromatic heterocycles. The van der Waals surface area contributed by atoms with Gasteiger partial charge in [0.1, 0.15) is 0 Å². The maximum Gasteiger partial charge on any atom is 0.251 e. The number of carbonyl (C=O) groups excluding carboxylic acids is 1. The fourth-order valence-electron chi connectivity index (χ4n) is 4.27. The van der Waals surface area contributed by atoms with Gasteiger partial charge in [-0.1, -0.05) is 25.1 Å². The van der Waals surface area contributed by atoms with Crippen molar-refractivity contribution >= 4 is 29.1 Å². The Morgan fingerprint density at radius 3 is 2.43 bits per heavy atom. The van der Waals surface area contributed by atoms with Crippen molar-refractivity contribution in [1.82, 2.24) is 10.3 Å². The van der Waals surface area contributed by atoms with E-state index in [0.717, 1.165) is 41.4 Å². The third-order valence-corrected chi connectivity index (χ3v) is 6.40. The fourth-order valence-corrected chi connectivity index (χ4v) is 4.27. The van der Waals surface area contributed by atoms with Crippen molar-refractivity contribution in [2.75, 3.05) is 24.3 Å². The molecule has 1 fully saturated rings. The summed E-state index contributed by atoms with van der Waals surface area (Å²) in [6.45, 7) is 2.27. The monoisotopic (exact) mass is 470 g/mol. The number of nitrogens with zero attached hydrogens (tertiary/aromatic N) is 3. The van der Waals surface area contributed by atoms with Gasteiger partial charge in [-0.25, -0.2) is 4.98 Å². The van der Waals surface area contributed by atoms with Gasteiger partial charge in [0.05, 0.1) is 5.69 Å². The molecule has 35 heavy (non-hydrogen) atoms. The van der Waals surface area contributed by atoms with Crippen molar-refractivity contribution in [3.05, 3.63) is 72.3 Å². The Labute approximate surface area is 207 Å². The minimum Gasteiger partial charge on any atom is -0.378 e. The maximum atomic E-state index is 12.6. The molecule has 1 heterocycles. The van der Waals surface area contributed by atoms with Crippen LogP contribution in [0.15, 0.2) is 71.7 Å². The smallest absolute Gasteiger partial charge is 0.251 e. The number of hydrogen-bond acceptors (Lipinski definition) is 4. The van der Waals surface area contributed by atoms with Gasteiger partial charge >= 0.3 is 0 Å². The summed E-state index contributed by atoms with van der Waals surface area (Å²) in [5.41, 5.74) is 10.5. The van der Waals surface area contributed by atoms with Gasteiger partial charge in [0.15, 0.2) is 11.8 Å². The Bertz CT molecular complexity index is 1180. The molecule has 7 heteroatoms. The van der Waals surface area contributed by atoms with Gasteiger partial charge in [0.2, 0.25) is 0 Å². The number of nitrogens with one attached hydrogen (secondary N) is 2. The lowest BCUT2D eigenvalue weighted by Gasteiger charge is -2.26. The van der Waals surface area contributed by atoms with Gasteiger partial charge in [0, 0.05) is 42.6 Å². The highest BCUT2D eigenvalue weighted by Crippen LogP contribution is 2.25. The first-order valence-electron chi connectivity index (χ1n) is 12.1. The Morgan fingerprint density at radius 1 is 1.00 bits per heavy atom. The first-order valence-corrected chi connectivity index (χ1v) is 12.1. The van der Waals surface area contributed by atoms with Crippen molar-refractivity contribution in [3.63, 3.8) is 0 Å². The number of carbonyl (C=O) groups is 1. The van der Waals surface area contributed by atoms with Gasteiger partial charge in [-0.2, -0.15) is 4.99 Å². The topological polar surface area (TPSA) is 95.6 Å². The van der Waals surface area contributed by atoms with E-state index in [1.165, 1.54) is 12.8 Å². The molecule has 0 aliphatic heterocycles. The summed E-state index contributed by atoms with van der Waals surface area (Å²) in [7, 11) is 4.02. The standard InChI is InChI=1S/C28H34N6O/c1-19-10-14-22(15-11-19)30-27(35)20-12-16-23(17-13-20)31-28(29)33-26-9-5-8-25(32-26)21-6-4-7-24(18-21)34(2)3/h4-9,12-13,16-19,22H,10-11,14-15H2,1-3H3,(H,30,35)(H3,29,31,32,33). The molecule has 0 spiro atoms. The molecule has 3 aromatic rings. The van der Waals surface area contributed by atoms with Crippen molar-refractivity contribution in [3.8, 4) is 11.3 Å². The maximum absolute atomic E-state index is 12.6. The van der Waals surface area contributed by atoms with E-state index in [2.05, 4.69) is 44.6 Å². The number of benzene rings is 2. The quantitative estimate of drug-likeness (QED) is 0.341. The summed E-state index contributed by atoms with van der Waals surface area (Å²) < 4.78 is 0. The molecular weight excluding hydrogens is 436 g/mol. The molecule has 1 aliphatic rings. The van der Waals surface area contributed by atoms with Crippen LogP contribution in [-0.4, -0.2) is 37.0 Å². The predicted octanol–water partition coefficient (Wildman–Crippen LogP) is 5.18. The molecule has 0 radical (unpaired) electrons. The number of amides is 1. The molecule has 182 valence electrons. The number of anilines is 2. The van der Waals surface area contributed by atoms with Crippen LogP contribution >= 0.6 is 0 Å². The summed E-state index contributed by atoms with van der Waals surface area (Å²) in [5, 5.41) is 6.23. The zero-order chi connectivity index (χ0) is 24.8. The third kappa shape index (κ3) is 6.59. The van der Waals surface area contributed by atoms with E-state index in [0.29, 0.717) is 11.4 Å². The van der Waals surface area contributed by atoms with Crippen LogP contribution in [0.2, 0.25) is 0 Å². The Kier molecular flexibility index (Phi) is 7.65. The molecule has 0 bridgehead atoms. The SMILES string of the molecule is CC1CCC(NC(=O)c2ccc(N/C(N)=N/c3cccc(-c4cccc(N(C)C)c4)n3)cc2)CC1. The molecule has 7 nitrogen and oxygen atoms in total. The molecule has 0 unspecified atom stereocenters. The average Bonchev–Trinajstić information content (AvgIpc) is 2.86. The Balaban J connectivity index is 1.39. The number of hydrogen-bond donors (Lipinski definition) is 3. The third-order valence-electron chi connectivity index (χ3n) is 6.40. The molecular formula is C28H34N6O. The van der Waals surface area contributed by atoms with E-state index in [1.54, 1.807) is 12.1 Å². The lowest BCUT2D eigenvalue weighted by Crippen LogP contribution is -2.37. The fraction of sp³-hybridized carbons (Fsp3) is 0.321.